The molecule has 0 radical (unpaired) electrons. The van der Waals surface area contributed by atoms with Crippen molar-refractivity contribution in [2.75, 3.05) is 18.1 Å². The van der Waals surface area contributed by atoms with E-state index in [9.17, 15) is 0 Å². The van der Waals surface area contributed by atoms with Gasteiger partial charge in [-0.1, -0.05) is 27.7 Å². The molecule has 108 valence electrons. The van der Waals surface area contributed by atoms with Crippen LogP contribution in [0, 0.1) is 0 Å². The van der Waals surface area contributed by atoms with E-state index >= 15 is 0 Å². The Labute approximate surface area is 121 Å². The van der Waals surface area contributed by atoms with E-state index in [1.807, 2.05) is 11.8 Å². The third-order valence-corrected chi connectivity index (χ3v) is 5.39. The summed E-state index contributed by atoms with van der Waals surface area (Å²) in [6.07, 6.45) is 6.24. The molecule has 5 heteroatoms. The summed E-state index contributed by atoms with van der Waals surface area (Å²) in [4.78, 5) is 4.57. The molecule has 1 rings (SSSR count). The van der Waals surface area contributed by atoms with Gasteiger partial charge in [-0.15, -0.1) is 5.10 Å². The second-order valence-electron chi connectivity index (χ2n) is 4.68. The first-order valence-electron chi connectivity index (χ1n) is 7.16. The lowest BCUT2D eigenvalue weighted by atomic mass is 10.0. The zero-order valence-electron chi connectivity index (χ0n) is 12.8. The highest BCUT2D eigenvalue weighted by Gasteiger charge is 2.24. The van der Waals surface area contributed by atoms with E-state index in [0.717, 1.165) is 43.6 Å². The van der Waals surface area contributed by atoms with Gasteiger partial charge in [-0.3, -0.25) is 0 Å². The number of hydrogen-bond acceptors (Lipinski definition) is 5. The largest absolute Gasteiger partial charge is 0.352 e. The van der Waals surface area contributed by atoms with Gasteiger partial charge in [0.05, 0.1) is 11.4 Å². The van der Waals surface area contributed by atoms with Gasteiger partial charge in [0, 0.05) is 11.3 Å². The topological polar surface area (TPSA) is 50.7 Å². The lowest BCUT2D eigenvalue weighted by Gasteiger charge is -2.29. The second kappa shape index (κ2) is 7.68. The number of nitrogens with one attached hydrogen (secondary N) is 1. The maximum absolute atomic E-state index is 4.57. The van der Waals surface area contributed by atoms with Crippen molar-refractivity contribution < 1.29 is 0 Å². The van der Waals surface area contributed by atoms with Crippen molar-refractivity contribution in [2.45, 2.75) is 58.1 Å². The normalized spacial score (nSPS) is 11.6. The van der Waals surface area contributed by atoms with Crippen LogP contribution < -0.4 is 5.32 Å². The number of anilines is 1. The van der Waals surface area contributed by atoms with Crippen LogP contribution in [0.5, 0.6) is 0 Å². The maximum atomic E-state index is 4.57. The molecule has 0 aromatic carbocycles. The third-order valence-electron chi connectivity index (χ3n) is 3.80. The van der Waals surface area contributed by atoms with Crippen molar-refractivity contribution in [2.24, 2.45) is 0 Å². The van der Waals surface area contributed by atoms with Gasteiger partial charge < -0.3 is 5.32 Å². The van der Waals surface area contributed by atoms with E-state index in [1.54, 1.807) is 0 Å². The molecule has 19 heavy (non-hydrogen) atoms. The molecule has 0 amide bonds. The van der Waals surface area contributed by atoms with Crippen molar-refractivity contribution in [3.05, 3.63) is 11.4 Å². The molecular formula is C14H26N4S. The monoisotopic (exact) mass is 282 g/mol. The van der Waals surface area contributed by atoms with Gasteiger partial charge in [-0.05, 0) is 31.9 Å². The molecule has 0 unspecified atom stereocenters. The number of rotatable bonds is 8. The van der Waals surface area contributed by atoms with Crippen LogP contribution in [0.3, 0.4) is 0 Å². The fraction of sp³-hybridized carbons (Fsp3) is 0.786. The van der Waals surface area contributed by atoms with Gasteiger partial charge in [-0.2, -0.15) is 16.9 Å². The molecule has 0 spiro atoms. The molecular weight excluding hydrogens is 256 g/mol. The minimum Gasteiger partial charge on any atom is -0.352 e. The minimum absolute atomic E-state index is 0.263. The SMILES string of the molecule is CCc1nnc(NCC(CC)(CC)SC)nc1CC. The Bertz CT molecular complexity index is 383. The van der Waals surface area contributed by atoms with Crippen molar-refractivity contribution in [3.8, 4) is 0 Å². The van der Waals surface area contributed by atoms with Crippen LogP contribution in [0.15, 0.2) is 0 Å². The fourth-order valence-corrected chi connectivity index (χ4v) is 2.91. The Kier molecular flexibility index (Phi) is 6.55. The summed E-state index contributed by atoms with van der Waals surface area (Å²) in [7, 11) is 0. The third kappa shape index (κ3) is 4.06. The molecule has 0 aliphatic rings. The Morgan fingerprint density at radius 1 is 1.00 bits per heavy atom. The number of aryl methyl sites for hydroxylation is 2. The van der Waals surface area contributed by atoms with Crippen molar-refractivity contribution in [3.63, 3.8) is 0 Å². The average molecular weight is 282 g/mol. The summed E-state index contributed by atoms with van der Waals surface area (Å²) in [6.45, 7) is 9.55. The summed E-state index contributed by atoms with van der Waals surface area (Å²) < 4.78 is 0.263. The smallest absolute Gasteiger partial charge is 0.243 e. The van der Waals surface area contributed by atoms with E-state index in [0.29, 0.717) is 5.95 Å². The van der Waals surface area contributed by atoms with Crippen LogP contribution in [-0.4, -0.2) is 32.7 Å². The van der Waals surface area contributed by atoms with Gasteiger partial charge >= 0.3 is 0 Å². The van der Waals surface area contributed by atoms with Crippen molar-refractivity contribution in [1.82, 2.24) is 15.2 Å². The fourth-order valence-electron chi connectivity index (χ4n) is 2.11. The standard InChI is InChI=1S/C14H26N4S/c1-6-11-12(7-2)17-18-13(16-11)15-10-14(8-3,9-4)19-5/h6-10H2,1-5H3,(H,15,16,18). The van der Waals surface area contributed by atoms with Crippen LogP contribution in [0.4, 0.5) is 5.95 Å². The van der Waals surface area contributed by atoms with E-state index in [-0.39, 0.29) is 4.75 Å². The summed E-state index contributed by atoms with van der Waals surface area (Å²) in [6, 6.07) is 0. The first-order valence-corrected chi connectivity index (χ1v) is 8.38. The lowest BCUT2D eigenvalue weighted by molar-refractivity contribution is 0.572. The maximum Gasteiger partial charge on any atom is 0.243 e. The molecule has 1 N–H and O–H groups in total. The highest BCUT2D eigenvalue weighted by Crippen LogP contribution is 2.30. The van der Waals surface area contributed by atoms with Gasteiger partial charge in [0.2, 0.25) is 5.95 Å². The summed E-state index contributed by atoms with van der Waals surface area (Å²) in [5.41, 5.74) is 2.07. The van der Waals surface area contributed by atoms with E-state index in [2.05, 4.69) is 54.4 Å². The van der Waals surface area contributed by atoms with Gasteiger partial charge in [0.25, 0.3) is 0 Å². The molecule has 0 bridgehead atoms. The molecule has 0 fully saturated rings. The lowest BCUT2D eigenvalue weighted by Crippen LogP contribution is -2.32. The first kappa shape index (κ1) is 16.2. The Morgan fingerprint density at radius 2 is 1.63 bits per heavy atom. The quantitative estimate of drug-likeness (QED) is 0.792. The van der Waals surface area contributed by atoms with Crippen LogP contribution in [0.1, 0.15) is 51.9 Å². The Hall–Kier alpha value is -0.840. The average Bonchev–Trinajstić information content (AvgIpc) is 2.49. The first-order chi connectivity index (χ1) is 9.14. The van der Waals surface area contributed by atoms with E-state index in [1.165, 1.54) is 0 Å². The van der Waals surface area contributed by atoms with Crippen LogP contribution in [0.25, 0.3) is 0 Å². The van der Waals surface area contributed by atoms with Gasteiger partial charge in [-0.25, -0.2) is 4.98 Å². The molecule has 0 saturated carbocycles. The molecule has 0 aliphatic heterocycles. The molecule has 1 heterocycles. The predicted octanol–water partition coefficient (Wildman–Crippen LogP) is 3.33. The number of nitrogens with zero attached hydrogens (tertiary/aromatic N) is 3. The second-order valence-corrected chi connectivity index (χ2v) is 5.96. The van der Waals surface area contributed by atoms with Crippen LogP contribution in [0.2, 0.25) is 0 Å². The molecule has 4 nitrogen and oxygen atoms in total. The highest BCUT2D eigenvalue weighted by atomic mass is 32.2. The summed E-state index contributed by atoms with van der Waals surface area (Å²) in [5.74, 6) is 0.661. The molecule has 0 saturated heterocycles. The molecule has 1 aromatic rings. The summed E-state index contributed by atoms with van der Waals surface area (Å²) >= 11 is 1.92. The predicted molar refractivity (Wildman–Crippen MR) is 83.9 cm³/mol. The molecule has 1 aromatic heterocycles. The van der Waals surface area contributed by atoms with Crippen molar-refractivity contribution in [1.29, 1.82) is 0 Å². The van der Waals surface area contributed by atoms with Gasteiger partial charge in [0.15, 0.2) is 0 Å². The Balaban J connectivity index is 2.77. The van der Waals surface area contributed by atoms with E-state index in [4.69, 9.17) is 0 Å². The van der Waals surface area contributed by atoms with E-state index < -0.39 is 0 Å². The molecule has 0 atom stereocenters. The Morgan fingerprint density at radius 3 is 2.11 bits per heavy atom. The number of hydrogen-bond donors (Lipinski definition) is 1. The van der Waals surface area contributed by atoms with Gasteiger partial charge in [0.1, 0.15) is 0 Å². The zero-order valence-corrected chi connectivity index (χ0v) is 13.6. The van der Waals surface area contributed by atoms with Crippen LogP contribution >= 0.6 is 11.8 Å². The summed E-state index contributed by atoms with van der Waals surface area (Å²) in [5, 5.41) is 11.8. The zero-order chi connectivity index (χ0) is 14.3. The molecule has 0 aliphatic carbocycles. The minimum atomic E-state index is 0.263. The van der Waals surface area contributed by atoms with Crippen molar-refractivity contribution >= 4 is 17.7 Å². The number of thioether (sulfide) groups is 1. The highest BCUT2D eigenvalue weighted by molar-refractivity contribution is 8.00. The number of aromatic nitrogens is 3. The van der Waals surface area contributed by atoms with Crippen LogP contribution in [-0.2, 0) is 12.8 Å².